The topological polar surface area (TPSA) is 71.1 Å². The number of amides is 2. The smallest absolute Gasteiger partial charge is 0.268 e. The van der Waals surface area contributed by atoms with E-state index >= 15 is 0 Å². The molecule has 2 amide bonds. The molecule has 1 aromatic carbocycles. The maximum absolute atomic E-state index is 11.7. The van der Waals surface area contributed by atoms with Crippen molar-refractivity contribution >= 4 is 33.8 Å². The number of hydrogen-bond donors (Lipinski definition) is 2. The molecule has 2 rings (SSSR count). The summed E-state index contributed by atoms with van der Waals surface area (Å²) in [4.78, 5) is 27.1. The quantitative estimate of drug-likeness (QED) is 0.662. The minimum absolute atomic E-state index is 0.400. The van der Waals surface area contributed by atoms with Crippen LogP contribution in [0.25, 0.3) is 6.08 Å². The first-order valence-electron chi connectivity index (χ1n) is 6.09. The molecule has 0 aliphatic heterocycles. The average molecular weight is 346 g/mol. The summed E-state index contributed by atoms with van der Waals surface area (Å²) in [6.45, 7) is 0. The Morgan fingerprint density at radius 3 is 2.33 bits per heavy atom. The van der Waals surface area contributed by atoms with Crippen LogP contribution in [0.2, 0.25) is 0 Å². The first kappa shape index (κ1) is 14.9. The SMILES string of the molecule is O=C(/C=C/c1ccc(Br)cc1)NNC(=O)c1ccncc1. The number of nitrogens with one attached hydrogen (secondary N) is 2. The van der Waals surface area contributed by atoms with Gasteiger partial charge in [-0.15, -0.1) is 0 Å². The summed E-state index contributed by atoms with van der Waals surface area (Å²) < 4.78 is 0.966. The van der Waals surface area contributed by atoms with Gasteiger partial charge in [0.2, 0.25) is 0 Å². The first-order valence-corrected chi connectivity index (χ1v) is 6.88. The van der Waals surface area contributed by atoms with Crippen molar-refractivity contribution in [2.45, 2.75) is 0 Å². The van der Waals surface area contributed by atoms with E-state index in [1.54, 1.807) is 18.2 Å². The van der Waals surface area contributed by atoms with Gasteiger partial charge in [0.25, 0.3) is 11.8 Å². The number of rotatable bonds is 3. The number of carbonyl (C=O) groups is 2. The minimum Gasteiger partial charge on any atom is -0.268 e. The van der Waals surface area contributed by atoms with E-state index in [2.05, 4.69) is 31.8 Å². The lowest BCUT2D eigenvalue weighted by atomic mass is 10.2. The fourth-order valence-corrected chi connectivity index (χ4v) is 1.75. The Hall–Kier alpha value is -2.47. The molecular weight excluding hydrogens is 334 g/mol. The molecule has 0 bridgehead atoms. The Labute approximate surface area is 130 Å². The third kappa shape index (κ3) is 4.85. The first-order chi connectivity index (χ1) is 10.1. The van der Waals surface area contributed by atoms with Crippen molar-refractivity contribution in [1.82, 2.24) is 15.8 Å². The molecule has 0 radical (unpaired) electrons. The molecule has 1 heterocycles. The van der Waals surface area contributed by atoms with Crippen LogP contribution in [0, 0.1) is 0 Å². The Morgan fingerprint density at radius 1 is 1.00 bits per heavy atom. The van der Waals surface area contributed by atoms with Crippen molar-refractivity contribution < 1.29 is 9.59 Å². The molecule has 2 N–H and O–H groups in total. The van der Waals surface area contributed by atoms with Crippen LogP contribution in [-0.2, 0) is 4.79 Å². The van der Waals surface area contributed by atoms with E-state index in [9.17, 15) is 9.59 Å². The standard InChI is InChI=1S/C15H12BrN3O2/c16-13-4-1-11(2-5-13)3-6-14(20)18-19-15(21)12-7-9-17-10-8-12/h1-10H,(H,18,20)(H,19,21)/b6-3+. The summed E-state index contributed by atoms with van der Waals surface area (Å²) in [5, 5.41) is 0. The predicted octanol–water partition coefficient (Wildman–Crippen LogP) is 2.32. The van der Waals surface area contributed by atoms with E-state index in [0.717, 1.165) is 10.0 Å². The van der Waals surface area contributed by atoms with Gasteiger partial charge >= 0.3 is 0 Å². The van der Waals surface area contributed by atoms with Crippen LogP contribution >= 0.6 is 15.9 Å². The lowest BCUT2D eigenvalue weighted by Crippen LogP contribution is -2.40. The molecule has 106 valence electrons. The van der Waals surface area contributed by atoms with E-state index in [-0.39, 0.29) is 0 Å². The second-order valence-electron chi connectivity index (χ2n) is 4.06. The summed E-state index contributed by atoms with van der Waals surface area (Å²) in [5.74, 6) is -0.817. The lowest BCUT2D eigenvalue weighted by Gasteiger charge is -2.04. The monoisotopic (exact) mass is 345 g/mol. The van der Waals surface area contributed by atoms with Crippen molar-refractivity contribution in [3.8, 4) is 0 Å². The number of nitrogens with zero attached hydrogens (tertiary/aromatic N) is 1. The average Bonchev–Trinajstić information content (AvgIpc) is 2.53. The second kappa shape index (κ2) is 7.35. The lowest BCUT2D eigenvalue weighted by molar-refractivity contribution is -0.117. The molecule has 0 saturated carbocycles. The van der Waals surface area contributed by atoms with Gasteiger partial charge in [-0.05, 0) is 35.9 Å². The van der Waals surface area contributed by atoms with Gasteiger partial charge < -0.3 is 0 Å². The molecule has 0 atom stereocenters. The van der Waals surface area contributed by atoms with Crippen molar-refractivity contribution in [2.24, 2.45) is 0 Å². The molecule has 0 unspecified atom stereocenters. The Morgan fingerprint density at radius 2 is 1.67 bits per heavy atom. The highest BCUT2D eigenvalue weighted by Gasteiger charge is 2.04. The van der Waals surface area contributed by atoms with Crippen molar-refractivity contribution in [3.05, 3.63) is 70.5 Å². The predicted molar refractivity (Wildman–Crippen MR) is 83.0 cm³/mol. The third-order valence-electron chi connectivity index (χ3n) is 2.54. The number of halogens is 1. The summed E-state index contributed by atoms with van der Waals surface area (Å²) in [6, 6.07) is 10.6. The number of hydrogen-bond acceptors (Lipinski definition) is 3. The number of aromatic nitrogens is 1. The third-order valence-corrected chi connectivity index (χ3v) is 3.07. The molecule has 0 saturated heterocycles. The number of hydrazine groups is 1. The van der Waals surface area contributed by atoms with Crippen molar-refractivity contribution in [1.29, 1.82) is 0 Å². The zero-order chi connectivity index (χ0) is 15.1. The van der Waals surface area contributed by atoms with Gasteiger partial charge in [-0.25, -0.2) is 0 Å². The molecule has 2 aromatic rings. The zero-order valence-corrected chi connectivity index (χ0v) is 12.5. The highest BCUT2D eigenvalue weighted by atomic mass is 79.9. The molecule has 5 nitrogen and oxygen atoms in total. The minimum atomic E-state index is -0.416. The largest absolute Gasteiger partial charge is 0.269 e. The van der Waals surface area contributed by atoms with Gasteiger partial charge in [0.15, 0.2) is 0 Å². The van der Waals surface area contributed by atoms with Crippen molar-refractivity contribution in [2.75, 3.05) is 0 Å². The summed E-state index contributed by atoms with van der Waals surface area (Å²) in [6.07, 6.45) is 6.00. The van der Waals surface area contributed by atoms with Crippen LogP contribution in [0.4, 0.5) is 0 Å². The van der Waals surface area contributed by atoms with E-state index in [1.807, 2.05) is 24.3 Å². The summed E-state index contributed by atoms with van der Waals surface area (Å²) in [5.41, 5.74) is 5.93. The van der Waals surface area contributed by atoms with E-state index in [4.69, 9.17) is 0 Å². The maximum atomic E-state index is 11.7. The normalized spacial score (nSPS) is 10.3. The van der Waals surface area contributed by atoms with Gasteiger partial charge in [-0.2, -0.15) is 0 Å². The molecule has 1 aromatic heterocycles. The Bertz CT molecular complexity index is 654. The second-order valence-corrected chi connectivity index (χ2v) is 4.98. The molecular formula is C15H12BrN3O2. The fourth-order valence-electron chi connectivity index (χ4n) is 1.48. The highest BCUT2D eigenvalue weighted by Crippen LogP contribution is 2.11. The molecule has 6 heteroatoms. The molecule has 0 fully saturated rings. The number of pyridine rings is 1. The van der Waals surface area contributed by atoms with Crippen molar-refractivity contribution in [3.63, 3.8) is 0 Å². The molecule has 21 heavy (non-hydrogen) atoms. The summed E-state index contributed by atoms with van der Waals surface area (Å²) in [7, 11) is 0. The van der Waals surface area contributed by atoms with E-state index in [1.165, 1.54) is 18.5 Å². The van der Waals surface area contributed by atoms with Gasteiger partial charge in [0.1, 0.15) is 0 Å². The van der Waals surface area contributed by atoms with Gasteiger partial charge in [0.05, 0.1) is 0 Å². The van der Waals surface area contributed by atoms with E-state index < -0.39 is 11.8 Å². The van der Waals surface area contributed by atoms with Gasteiger partial charge in [0, 0.05) is 28.5 Å². The number of benzene rings is 1. The highest BCUT2D eigenvalue weighted by molar-refractivity contribution is 9.10. The van der Waals surface area contributed by atoms with Crippen LogP contribution in [0.3, 0.4) is 0 Å². The fraction of sp³-hybridized carbons (Fsp3) is 0. The maximum Gasteiger partial charge on any atom is 0.269 e. The van der Waals surface area contributed by atoms with Crippen LogP contribution in [-0.4, -0.2) is 16.8 Å². The molecule has 0 aliphatic carbocycles. The van der Waals surface area contributed by atoms with E-state index in [0.29, 0.717) is 5.56 Å². The van der Waals surface area contributed by atoms with Crippen LogP contribution in [0.5, 0.6) is 0 Å². The van der Waals surface area contributed by atoms with Gasteiger partial charge in [-0.1, -0.05) is 28.1 Å². The van der Waals surface area contributed by atoms with Crippen LogP contribution in [0.15, 0.2) is 59.3 Å². The number of carbonyl (C=O) groups excluding carboxylic acids is 2. The zero-order valence-electron chi connectivity index (χ0n) is 10.9. The Kier molecular flexibility index (Phi) is 5.22. The van der Waals surface area contributed by atoms with Gasteiger partial charge in [-0.3, -0.25) is 25.4 Å². The summed E-state index contributed by atoms with van der Waals surface area (Å²) >= 11 is 3.33. The van der Waals surface area contributed by atoms with Crippen LogP contribution in [0.1, 0.15) is 15.9 Å². The van der Waals surface area contributed by atoms with Crippen LogP contribution < -0.4 is 10.9 Å². The molecule has 0 spiro atoms. The Balaban J connectivity index is 1.85. The molecule has 0 aliphatic rings.